The van der Waals surface area contributed by atoms with Crippen LogP contribution in [0.2, 0.25) is 0 Å². The van der Waals surface area contributed by atoms with Crippen LogP contribution in [0.3, 0.4) is 0 Å². The molecule has 0 radical (unpaired) electrons. The molecule has 0 unspecified atom stereocenters. The number of ether oxygens (including phenoxy) is 1. The molecular formula is C28H31FN4O2. The summed E-state index contributed by atoms with van der Waals surface area (Å²) >= 11 is 0. The van der Waals surface area contributed by atoms with Gasteiger partial charge in [0.15, 0.2) is 11.6 Å². The first-order chi connectivity index (χ1) is 17.1. The Balaban J connectivity index is 1.45. The second kappa shape index (κ2) is 9.11. The monoisotopic (exact) mass is 474 g/mol. The highest BCUT2D eigenvalue weighted by molar-refractivity contribution is 5.99. The van der Waals surface area contributed by atoms with Gasteiger partial charge in [-0.15, -0.1) is 0 Å². The first-order valence-electron chi connectivity index (χ1n) is 12.8. The Kier molecular flexibility index (Phi) is 5.80. The lowest BCUT2D eigenvalue weighted by Crippen LogP contribution is -2.43. The number of aromatic nitrogens is 2. The van der Waals surface area contributed by atoms with Crippen LogP contribution < -0.4 is 15.0 Å². The van der Waals surface area contributed by atoms with Gasteiger partial charge in [-0.25, -0.2) is 4.39 Å². The normalized spacial score (nSPS) is 20.5. The first kappa shape index (κ1) is 22.3. The van der Waals surface area contributed by atoms with E-state index in [9.17, 15) is 9.18 Å². The molecule has 2 fully saturated rings. The molecule has 35 heavy (non-hydrogen) atoms. The Labute approximate surface area is 205 Å². The van der Waals surface area contributed by atoms with E-state index in [1.165, 1.54) is 6.07 Å². The average Bonchev–Trinajstić information content (AvgIpc) is 3.62. The summed E-state index contributed by atoms with van der Waals surface area (Å²) in [5.41, 5.74) is 3.67. The van der Waals surface area contributed by atoms with Crippen LogP contribution in [0.5, 0.6) is 11.5 Å². The van der Waals surface area contributed by atoms with Crippen molar-refractivity contribution in [2.45, 2.75) is 57.5 Å². The third-order valence-electron chi connectivity index (χ3n) is 7.56. The Bertz CT molecular complexity index is 1250. The Morgan fingerprint density at radius 2 is 1.89 bits per heavy atom. The second-order valence-corrected chi connectivity index (χ2v) is 10.0. The van der Waals surface area contributed by atoms with Crippen LogP contribution in [0, 0.1) is 11.7 Å². The van der Waals surface area contributed by atoms with Gasteiger partial charge < -0.3 is 15.0 Å². The molecule has 2 aromatic carbocycles. The zero-order valence-corrected chi connectivity index (χ0v) is 20.0. The fourth-order valence-electron chi connectivity index (χ4n) is 5.40. The van der Waals surface area contributed by atoms with E-state index in [0.29, 0.717) is 11.8 Å². The Hall–Kier alpha value is -3.19. The van der Waals surface area contributed by atoms with Crippen LogP contribution in [0.4, 0.5) is 10.1 Å². The van der Waals surface area contributed by atoms with Gasteiger partial charge in [-0.1, -0.05) is 12.1 Å². The van der Waals surface area contributed by atoms with E-state index in [-0.39, 0.29) is 23.6 Å². The van der Waals surface area contributed by atoms with Crippen LogP contribution >= 0.6 is 0 Å². The van der Waals surface area contributed by atoms with Crippen molar-refractivity contribution in [3.8, 4) is 22.6 Å². The number of amides is 1. The van der Waals surface area contributed by atoms with Gasteiger partial charge in [0.25, 0.3) is 0 Å². The highest BCUT2D eigenvalue weighted by atomic mass is 19.1. The number of hydrogen-bond acceptors (Lipinski definition) is 4. The number of fused-ring (bicyclic) bond motifs is 1. The van der Waals surface area contributed by atoms with E-state index in [0.717, 1.165) is 74.0 Å². The van der Waals surface area contributed by atoms with E-state index >= 15 is 0 Å². The maximum absolute atomic E-state index is 14.7. The van der Waals surface area contributed by atoms with Crippen molar-refractivity contribution in [1.82, 2.24) is 15.1 Å². The zero-order chi connectivity index (χ0) is 23.9. The van der Waals surface area contributed by atoms with Crippen molar-refractivity contribution >= 4 is 11.6 Å². The highest BCUT2D eigenvalue weighted by Gasteiger charge is 2.39. The number of nitrogens with one attached hydrogen (secondary N) is 1. The summed E-state index contributed by atoms with van der Waals surface area (Å²) in [6, 6.07) is 11.0. The Morgan fingerprint density at radius 3 is 2.66 bits per heavy atom. The minimum Gasteiger partial charge on any atom is -0.453 e. The van der Waals surface area contributed by atoms with Crippen LogP contribution in [-0.2, 0) is 11.2 Å². The van der Waals surface area contributed by atoms with Crippen LogP contribution in [0.25, 0.3) is 11.1 Å². The number of halogens is 1. The maximum Gasteiger partial charge on any atom is 0.230 e. The number of carbonyl (C=O) groups excluding carboxylic acids is 1. The van der Waals surface area contributed by atoms with Gasteiger partial charge >= 0.3 is 0 Å². The average molecular weight is 475 g/mol. The molecule has 1 N–H and O–H groups in total. The van der Waals surface area contributed by atoms with E-state index in [1.807, 2.05) is 27.9 Å². The number of anilines is 1. The molecule has 3 aromatic rings. The third kappa shape index (κ3) is 4.22. The molecule has 6 rings (SSSR count). The van der Waals surface area contributed by atoms with Gasteiger partial charge in [-0.2, -0.15) is 5.10 Å². The standard InChI is InChI=1S/C28H31FN4O2/c1-18-6-9-23-25(33(18)28(34)19-7-8-19)11-10-22(27(23)35-26-5-3-2-4-24(26)29)20-16-31-32(17-20)21-12-14-30-15-13-21/h2-5,10-11,16-19,21,30H,6-9,12-15H2,1H3/t18-/m0/s1. The number of hydrogen-bond donors (Lipinski definition) is 1. The fourth-order valence-corrected chi connectivity index (χ4v) is 5.40. The molecule has 7 heteroatoms. The van der Waals surface area contributed by atoms with Crippen LogP contribution in [0.15, 0.2) is 48.8 Å². The smallest absolute Gasteiger partial charge is 0.230 e. The third-order valence-corrected chi connectivity index (χ3v) is 7.56. The molecule has 1 aromatic heterocycles. The van der Waals surface area contributed by atoms with Crippen LogP contribution in [-0.4, -0.2) is 34.8 Å². The molecule has 3 aliphatic rings. The summed E-state index contributed by atoms with van der Waals surface area (Å²) in [7, 11) is 0. The molecular weight excluding hydrogens is 443 g/mol. The predicted octanol–water partition coefficient (Wildman–Crippen LogP) is 5.48. The summed E-state index contributed by atoms with van der Waals surface area (Å²) in [5, 5.41) is 8.07. The number of carbonyl (C=O) groups is 1. The molecule has 0 spiro atoms. The largest absolute Gasteiger partial charge is 0.453 e. The summed E-state index contributed by atoms with van der Waals surface area (Å²) in [4.78, 5) is 15.1. The van der Waals surface area contributed by atoms with Gasteiger partial charge in [-0.3, -0.25) is 9.48 Å². The van der Waals surface area contributed by atoms with Gasteiger partial charge in [0.1, 0.15) is 5.75 Å². The number of para-hydroxylation sites is 1. The molecule has 6 nitrogen and oxygen atoms in total. The molecule has 2 aliphatic heterocycles. The highest BCUT2D eigenvalue weighted by Crippen LogP contribution is 2.46. The molecule has 1 atom stereocenters. The van der Waals surface area contributed by atoms with Crippen molar-refractivity contribution in [1.29, 1.82) is 0 Å². The van der Waals surface area contributed by atoms with Gasteiger partial charge in [0.05, 0.1) is 17.9 Å². The second-order valence-electron chi connectivity index (χ2n) is 10.0. The summed E-state index contributed by atoms with van der Waals surface area (Å²) in [6.45, 7) is 4.09. The summed E-state index contributed by atoms with van der Waals surface area (Å²) in [6.07, 6.45) is 9.57. The van der Waals surface area contributed by atoms with Gasteiger partial charge in [0.2, 0.25) is 5.91 Å². The fraction of sp³-hybridized carbons (Fsp3) is 0.429. The molecule has 182 valence electrons. The molecule has 3 heterocycles. The zero-order valence-electron chi connectivity index (χ0n) is 20.0. The lowest BCUT2D eigenvalue weighted by molar-refractivity contribution is -0.120. The number of piperidine rings is 1. The van der Waals surface area contributed by atoms with Crippen molar-refractivity contribution in [3.63, 3.8) is 0 Å². The van der Waals surface area contributed by atoms with E-state index < -0.39 is 5.82 Å². The molecule has 1 amide bonds. The maximum atomic E-state index is 14.7. The van der Waals surface area contributed by atoms with Gasteiger partial charge in [0, 0.05) is 34.8 Å². The van der Waals surface area contributed by atoms with E-state index in [1.54, 1.807) is 18.2 Å². The van der Waals surface area contributed by atoms with E-state index in [2.05, 4.69) is 23.5 Å². The lowest BCUT2D eigenvalue weighted by atomic mass is 9.92. The quantitative estimate of drug-likeness (QED) is 0.532. The summed E-state index contributed by atoms with van der Waals surface area (Å²) < 4.78 is 23.0. The SMILES string of the molecule is C[C@H]1CCc2c(ccc(-c3cnn(C4CCNCC4)c3)c2Oc2ccccc2F)N1C(=O)C1CC1. The van der Waals surface area contributed by atoms with Crippen LogP contribution in [0.1, 0.15) is 50.6 Å². The lowest BCUT2D eigenvalue weighted by Gasteiger charge is -2.36. The van der Waals surface area contributed by atoms with Crippen molar-refractivity contribution in [2.75, 3.05) is 18.0 Å². The molecule has 1 saturated carbocycles. The van der Waals surface area contributed by atoms with Crippen molar-refractivity contribution < 1.29 is 13.9 Å². The van der Waals surface area contributed by atoms with E-state index in [4.69, 9.17) is 4.74 Å². The van der Waals surface area contributed by atoms with Gasteiger partial charge in [-0.05, 0) is 82.8 Å². The topological polar surface area (TPSA) is 59.4 Å². The van der Waals surface area contributed by atoms with Crippen molar-refractivity contribution in [3.05, 3.63) is 60.2 Å². The molecule has 1 aliphatic carbocycles. The number of nitrogens with zero attached hydrogens (tertiary/aromatic N) is 3. The number of benzene rings is 2. The predicted molar refractivity (Wildman–Crippen MR) is 133 cm³/mol. The first-order valence-corrected chi connectivity index (χ1v) is 12.8. The van der Waals surface area contributed by atoms with Crippen molar-refractivity contribution in [2.24, 2.45) is 5.92 Å². The number of rotatable bonds is 5. The Morgan fingerprint density at radius 1 is 1.09 bits per heavy atom. The molecule has 0 bridgehead atoms. The minimum absolute atomic E-state index is 0.127. The minimum atomic E-state index is -0.406. The molecule has 1 saturated heterocycles. The summed E-state index contributed by atoms with van der Waals surface area (Å²) in [5.74, 6) is 0.727.